The predicted octanol–water partition coefficient (Wildman–Crippen LogP) is 2.15. The Morgan fingerprint density at radius 1 is 1.50 bits per heavy atom. The second-order valence-electron chi connectivity index (χ2n) is 5.17. The van der Waals surface area contributed by atoms with Gasteiger partial charge in [0, 0.05) is 12.5 Å². The van der Waals surface area contributed by atoms with Gasteiger partial charge in [-0.25, -0.2) is 9.59 Å². The number of amides is 2. The third-order valence-electron chi connectivity index (χ3n) is 3.08. The molecule has 0 spiro atoms. The number of furan rings is 1. The highest BCUT2D eigenvalue weighted by Crippen LogP contribution is 2.12. The molecule has 3 N–H and O–H groups in total. The van der Waals surface area contributed by atoms with Gasteiger partial charge in [0.05, 0.1) is 6.26 Å². The SMILES string of the molecule is CCCC(C)(NC(=O)NC(C)Cc1ccco1)C(=O)O. The minimum Gasteiger partial charge on any atom is -0.480 e. The molecule has 6 heteroatoms. The molecule has 1 aromatic rings. The van der Waals surface area contributed by atoms with Crippen molar-refractivity contribution in [2.75, 3.05) is 0 Å². The molecule has 0 aliphatic rings. The van der Waals surface area contributed by atoms with Gasteiger partial charge in [-0.15, -0.1) is 0 Å². The Morgan fingerprint density at radius 3 is 2.70 bits per heavy atom. The smallest absolute Gasteiger partial charge is 0.329 e. The Kier molecular flexibility index (Phi) is 5.61. The fourth-order valence-electron chi connectivity index (χ4n) is 2.01. The standard InChI is InChI=1S/C14H22N2O4/c1-4-7-14(3,12(17)18)16-13(19)15-10(2)9-11-6-5-8-20-11/h5-6,8,10H,4,7,9H2,1-3H3,(H,17,18)(H2,15,16,19). The van der Waals surface area contributed by atoms with E-state index in [0.717, 1.165) is 5.76 Å². The van der Waals surface area contributed by atoms with E-state index in [4.69, 9.17) is 4.42 Å². The van der Waals surface area contributed by atoms with E-state index < -0.39 is 17.5 Å². The Hall–Kier alpha value is -1.98. The molecule has 2 unspecified atom stereocenters. The van der Waals surface area contributed by atoms with Gasteiger partial charge in [0.15, 0.2) is 0 Å². The van der Waals surface area contributed by atoms with Crippen LogP contribution in [0.25, 0.3) is 0 Å². The van der Waals surface area contributed by atoms with E-state index in [1.807, 2.05) is 19.9 Å². The molecule has 0 saturated heterocycles. The lowest BCUT2D eigenvalue weighted by atomic mass is 9.96. The van der Waals surface area contributed by atoms with Crippen LogP contribution in [0.2, 0.25) is 0 Å². The molecule has 0 aromatic carbocycles. The zero-order valence-electron chi connectivity index (χ0n) is 12.1. The minimum absolute atomic E-state index is 0.152. The fraction of sp³-hybridized carbons (Fsp3) is 0.571. The van der Waals surface area contributed by atoms with Gasteiger partial charge in [-0.3, -0.25) is 0 Å². The number of aliphatic carboxylic acids is 1. The number of carbonyl (C=O) groups is 2. The van der Waals surface area contributed by atoms with Crippen molar-refractivity contribution in [2.45, 2.75) is 51.6 Å². The number of carboxylic acids is 1. The summed E-state index contributed by atoms with van der Waals surface area (Å²) in [6, 6.07) is 2.97. The quantitative estimate of drug-likeness (QED) is 0.714. The number of nitrogens with one attached hydrogen (secondary N) is 2. The lowest BCUT2D eigenvalue weighted by Gasteiger charge is -2.26. The molecular weight excluding hydrogens is 260 g/mol. The van der Waals surface area contributed by atoms with Crippen LogP contribution in [0.15, 0.2) is 22.8 Å². The summed E-state index contributed by atoms with van der Waals surface area (Å²) in [4.78, 5) is 23.1. The van der Waals surface area contributed by atoms with Crippen molar-refractivity contribution in [1.82, 2.24) is 10.6 Å². The van der Waals surface area contributed by atoms with Crippen molar-refractivity contribution in [1.29, 1.82) is 0 Å². The molecule has 0 aliphatic heterocycles. The molecule has 20 heavy (non-hydrogen) atoms. The molecule has 0 fully saturated rings. The van der Waals surface area contributed by atoms with Gasteiger partial charge in [-0.05, 0) is 32.4 Å². The van der Waals surface area contributed by atoms with Gasteiger partial charge in [-0.2, -0.15) is 0 Å². The van der Waals surface area contributed by atoms with E-state index in [0.29, 0.717) is 19.3 Å². The lowest BCUT2D eigenvalue weighted by molar-refractivity contribution is -0.144. The van der Waals surface area contributed by atoms with Gasteiger partial charge in [-0.1, -0.05) is 13.3 Å². The van der Waals surface area contributed by atoms with Crippen LogP contribution in [0.5, 0.6) is 0 Å². The molecule has 0 bridgehead atoms. The van der Waals surface area contributed by atoms with Crippen molar-refractivity contribution in [3.8, 4) is 0 Å². The first-order chi connectivity index (χ1) is 9.37. The highest BCUT2D eigenvalue weighted by atomic mass is 16.4. The maximum Gasteiger partial charge on any atom is 0.329 e. The summed E-state index contributed by atoms with van der Waals surface area (Å²) < 4.78 is 5.20. The van der Waals surface area contributed by atoms with Crippen LogP contribution >= 0.6 is 0 Å². The number of urea groups is 1. The second kappa shape index (κ2) is 6.98. The summed E-state index contributed by atoms with van der Waals surface area (Å²) in [5.74, 6) is -0.263. The molecule has 2 atom stereocenters. The van der Waals surface area contributed by atoms with Gasteiger partial charge in [0.25, 0.3) is 0 Å². The monoisotopic (exact) mass is 282 g/mol. The first-order valence-corrected chi connectivity index (χ1v) is 6.72. The van der Waals surface area contributed by atoms with Crippen molar-refractivity contribution < 1.29 is 19.1 Å². The van der Waals surface area contributed by atoms with Gasteiger partial charge in [0.1, 0.15) is 11.3 Å². The zero-order valence-corrected chi connectivity index (χ0v) is 12.1. The van der Waals surface area contributed by atoms with Crippen LogP contribution in [0.3, 0.4) is 0 Å². The zero-order chi connectivity index (χ0) is 15.2. The van der Waals surface area contributed by atoms with E-state index in [2.05, 4.69) is 10.6 Å². The maximum absolute atomic E-state index is 11.9. The normalized spacial score (nSPS) is 15.2. The fourth-order valence-corrected chi connectivity index (χ4v) is 2.01. The summed E-state index contributed by atoms with van der Waals surface area (Å²) in [5, 5.41) is 14.4. The van der Waals surface area contributed by atoms with E-state index in [-0.39, 0.29) is 6.04 Å². The molecule has 2 amide bonds. The lowest BCUT2D eigenvalue weighted by Crippen LogP contribution is -2.56. The van der Waals surface area contributed by atoms with Crippen LogP contribution in [-0.2, 0) is 11.2 Å². The van der Waals surface area contributed by atoms with Gasteiger partial charge >= 0.3 is 12.0 Å². The number of rotatable bonds is 7. The third-order valence-corrected chi connectivity index (χ3v) is 3.08. The topological polar surface area (TPSA) is 91.6 Å². The average molecular weight is 282 g/mol. The van der Waals surface area contributed by atoms with Gasteiger partial charge in [0.2, 0.25) is 0 Å². The molecule has 6 nitrogen and oxygen atoms in total. The van der Waals surface area contributed by atoms with E-state index >= 15 is 0 Å². The first kappa shape index (κ1) is 16.1. The predicted molar refractivity (Wildman–Crippen MR) is 74.5 cm³/mol. The van der Waals surface area contributed by atoms with Crippen LogP contribution in [0, 0.1) is 0 Å². The van der Waals surface area contributed by atoms with E-state index in [9.17, 15) is 14.7 Å². The summed E-state index contributed by atoms with van der Waals surface area (Å²) in [7, 11) is 0. The van der Waals surface area contributed by atoms with Gasteiger partial charge < -0.3 is 20.2 Å². The van der Waals surface area contributed by atoms with Crippen LogP contribution in [0.4, 0.5) is 4.79 Å². The van der Waals surface area contributed by atoms with Crippen LogP contribution < -0.4 is 10.6 Å². The largest absolute Gasteiger partial charge is 0.480 e. The molecule has 0 radical (unpaired) electrons. The Balaban J connectivity index is 2.51. The molecule has 0 aliphatic carbocycles. The Bertz CT molecular complexity index is 444. The maximum atomic E-state index is 11.9. The van der Waals surface area contributed by atoms with E-state index in [1.54, 1.807) is 12.3 Å². The average Bonchev–Trinajstić information content (AvgIpc) is 2.80. The molecule has 1 aromatic heterocycles. The number of hydrogen-bond donors (Lipinski definition) is 3. The van der Waals surface area contributed by atoms with Crippen molar-refractivity contribution in [3.63, 3.8) is 0 Å². The first-order valence-electron chi connectivity index (χ1n) is 6.72. The molecule has 0 saturated carbocycles. The number of hydrogen-bond acceptors (Lipinski definition) is 3. The van der Waals surface area contributed by atoms with Crippen LogP contribution in [0.1, 0.15) is 39.4 Å². The molecule has 1 heterocycles. The molecular formula is C14H22N2O4. The van der Waals surface area contributed by atoms with Crippen LogP contribution in [-0.4, -0.2) is 28.7 Å². The second-order valence-corrected chi connectivity index (χ2v) is 5.17. The minimum atomic E-state index is -1.25. The Morgan fingerprint density at radius 2 is 2.20 bits per heavy atom. The molecule has 112 valence electrons. The summed E-state index contributed by atoms with van der Waals surface area (Å²) in [5.41, 5.74) is -1.25. The third kappa shape index (κ3) is 4.60. The Labute approximate surface area is 118 Å². The summed E-state index contributed by atoms with van der Waals surface area (Å²) in [6.45, 7) is 5.22. The van der Waals surface area contributed by atoms with Crippen molar-refractivity contribution in [2.24, 2.45) is 0 Å². The van der Waals surface area contributed by atoms with Crippen molar-refractivity contribution in [3.05, 3.63) is 24.2 Å². The highest BCUT2D eigenvalue weighted by molar-refractivity contribution is 5.85. The van der Waals surface area contributed by atoms with E-state index in [1.165, 1.54) is 6.92 Å². The number of carbonyl (C=O) groups excluding carboxylic acids is 1. The summed E-state index contributed by atoms with van der Waals surface area (Å²) in [6.07, 6.45) is 3.18. The highest BCUT2D eigenvalue weighted by Gasteiger charge is 2.34. The van der Waals surface area contributed by atoms with Crippen molar-refractivity contribution >= 4 is 12.0 Å². The molecule has 1 rings (SSSR count). The summed E-state index contributed by atoms with van der Waals surface area (Å²) >= 11 is 0. The number of carboxylic acid groups (broad SMARTS) is 1.